The maximum Gasteiger partial charge on any atom is 0.221 e. The quantitative estimate of drug-likeness (QED) is 0.724. The zero-order chi connectivity index (χ0) is 15.8. The molecule has 1 aliphatic rings. The van der Waals surface area contributed by atoms with Crippen LogP contribution in [0.15, 0.2) is 0 Å². The van der Waals surface area contributed by atoms with Gasteiger partial charge in [-0.3, -0.25) is 0 Å². The summed E-state index contributed by atoms with van der Waals surface area (Å²) in [6.45, 7) is 13.0. The van der Waals surface area contributed by atoms with Gasteiger partial charge < -0.3 is 4.74 Å². The summed E-state index contributed by atoms with van der Waals surface area (Å²) in [6, 6.07) is 0. The van der Waals surface area contributed by atoms with Crippen molar-refractivity contribution in [3.8, 4) is 5.88 Å². The van der Waals surface area contributed by atoms with Gasteiger partial charge in [0.1, 0.15) is 17.1 Å². The first-order valence-electron chi connectivity index (χ1n) is 7.88. The van der Waals surface area contributed by atoms with E-state index in [0.29, 0.717) is 22.4 Å². The van der Waals surface area contributed by atoms with Gasteiger partial charge in [0.25, 0.3) is 0 Å². The van der Waals surface area contributed by atoms with E-state index in [-0.39, 0.29) is 12.0 Å². The van der Waals surface area contributed by atoms with Crippen LogP contribution in [-0.2, 0) is 0 Å². The van der Waals surface area contributed by atoms with Gasteiger partial charge in [-0.1, -0.05) is 46.2 Å². The normalized spacial score (nSPS) is 25.1. The molecule has 0 radical (unpaired) electrons. The van der Waals surface area contributed by atoms with E-state index in [0.717, 1.165) is 24.2 Å². The van der Waals surface area contributed by atoms with E-state index >= 15 is 0 Å². The Hall–Kier alpha value is -0.830. The molecule has 21 heavy (non-hydrogen) atoms. The standard InChI is InChI=1S/C17H27ClN2O/c1-10(2)15-19-14(18)12(4)16(20-15)21-13-7-11(3)8-17(5,6)9-13/h10-11,13H,7-9H2,1-6H3. The van der Waals surface area contributed by atoms with Gasteiger partial charge >= 0.3 is 0 Å². The van der Waals surface area contributed by atoms with Gasteiger partial charge in [0.05, 0.1) is 0 Å². The lowest BCUT2D eigenvalue weighted by molar-refractivity contribution is 0.0524. The van der Waals surface area contributed by atoms with Crippen molar-refractivity contribution in [2.45, 2.75) is 72.8 Å². The number of nitrogens with zero attached hydrogens (tertiary/aromatic N) is 2. The van der Waals surface area contributed by atoms with E-state index in [1.165, 1.54) is 6.42 Å². The molecule has 2 rings (SSSR count). The van der Waals surface area contributed by atoms with Crippen molar-refractivity contribution in [2.75, 3.05) is 0 Å². The second-order valence-corrected chi connectivity index (χ2v) is 7.97. The predicted octanol–water partition coefficient (Wildman–Crippen LogP) is 5.16. The third-order valence-electron chi connectivity index (χ3n) is 4.20. The SMILES string of the molecule is Cc1c(Cl)nc(C(C)C)nc1OC1CC(C)CC(C)(C)C1. The largest absolute Gasteiger partial charge is 0.474 e. The Morgan fingerprint density at radius 3 is 2.48 bits per heavy atom. The topological polar surface area (TPSA) is 35.0 Å². The molecule has 2 unspecified atom stereocenters. The molecule has 118 valence electrons. The summed E-state index contributed by atoms with van der Waals surface area (Å²) in [7, 11) is 0. The first kappa shape index (κ1) is 16.5. The summed E-state index contributed by atoms with van der Waals surface area (Å²) in [6.07, 6.45) is 3.62. The second-order valence-electron chi connectivity index (χ2n) is 7.61. The van der Waals surface area contributed by atoms with Crippen LogP contribution in [0.25, 0.3) is 0 Å². The minimum Gasteiger partial charge on any atom is -0.474 e. The number of rotatable bonds is 3. The molecular formula is C17H27ClN2O. The van der Waals surface area contributed by atoms with Gasteiger partial charge in [0, 0.05) is 11.5 Å². The highest BCUT2D eigenvalue weighted by molar-refractivity contribution is 6.30. The fourth-order valence-corrected chi connectivity index (χ4v) is 3.53. The van der Waals surface area contributed by atoms with Gasteiger partial charge in [-0.05, 0) is 37.5 Å². The Kier molecular flexibility index (Phi) is 4.82. The Balaban J connectivity index is 2.22. The van der Waals surface area contributed by atoms with Crippen molar-refractivity contribution < 1.29 is 4.74 Å². The molecular weight excluding hydrogens is 284 g/mol. The van der Waals surface area contributed by atoms with Crippen LogP contribution in [0.3, 0.4) is 0 Å². The van der Waals surface area contributed by atoms with Crippen LogP contribution < -0.4 is 4.74 Å². The molecule has 1 aliphatic carbocycles. The van der Waals surface area contributed by atoms with Crippen molar-refractivity contribution in [2.24, 2.45) is 11.3 Å². The van der Waals surface area contributed by atoms with E-state index < -0.39 is 0 Å². The Morgan fingerprint density at radius 2 is 1.90 bits per heavy atom. The Bertz CT molecular complexity index is 514. The highest BCUT2D eigenvalue weighted by atomic mass is 35.5. The lowest BCUT2D eigenvalue weighted by atomic mass is 9.71. The number of hydrogen-bond acceptors (Lipinski definition) is 3. The lowest BCUT2D eigenvalue weighted by Crippen LogP contribution is -2.34. The second kappa shape index (κ2) is 6.12. The summed E-state index contributed by atoms with van der Waals surface area (Å²) in [5, 5.41) is 0.506. The molecule has 0 N–H and O–H groups in total. The molecule has 0 aromatic carbocycles. The first-order chi connectivity index (χ1) is 9.68. The van der Waals surface area contributed by atoms with Crippen LogP contribution in [0.1, 0.15) is 71.2 Å². The minimum absolute atomic E-state index is 0.216. The zero-order valence-electron chi connectivity index (χ0n) is 14.0. The van der Waals surface area contributed by atoms with Gasteiger partial charge in [0.2, 0.25) is 5.88 Å². The summed E-state index contributed by atoms with van der Waals surface area (Å²) < 4.78 is 6.23. The summed E-state index contributed by atoms with van der Waals surface area (Å²) in [5.41, 5.74) is 1.17. The lowest BCUT2D eigenvalue weighted by Gasteiger charge is -2.38. The molecule has 1 heterocycles. The molecule has 1 aromatic rings. The van der Waals surface area contributed by atoms with Gasteiger partial charge in [-0.25, -0.2) is 4.98 Å². The van der Waals surface area contributed by atoms with Gasteiger partial charge in [-0.2, -0.15) is 4.98 Å². The molecule has 1 aromatic heterocycles. The van der Waals surface area contributed by atoms with Crippen LogP contribution in [0, 0.1) is 18.3 Å². The molecule has 0 amide bonds. The molecule has 0 aliphatic heterocycles. The van der Waals surface area contributed by atoms with Crippen LogP contribution in [0.5, 0.6) is 5.88 Å². The zero-order valence-corrected chi connectivity index (χ0v) is 14.8. The molecule has 0 saturated heterocycles. The third-order valence-corrected chi connectivity index (χ3v) is 4.57. The van der Waals surface area contributed by atoms with Crippen LogP contribution in [0.4, 0.5) is 0 Å². The van der Waals surface area contributed by atoms with E-state index in [2.05, 4.69) is 44.6 Å². The average molecular weight is 311 g/mol. The van der Waals surface area contributed by atoms with Crippen molar-refractivity contribution in [3.05, 3.63) is 16.5 Å². The van der Waals surface area contributed by atoms with Crippen molar-refractivity contribution in [3.63, 3.8) is 0 Å². The van der Waals surface area contributed by atoms with Crippen LogP contribution in [0.2, 0.25) is 5.15 Å². The molecule has 1 fully saturated rings. The van der Waals surface area contributed by atoms with Gasteiger partial charge in [0.15, 0.2) is 0 Å². The smallest absolute Gasteiger partial charge is 0.221 e. The third kappa shape index (κ3) is 4.09. The number of aromatic nitrogens is 2. The highest BCUT2D eigenvalue weighted by Crippen LogP contribution is 2.40. The summed E-state index contributed by atoms with van der Waals surface area (Å²) in [5.74, 6) is 2.34. The monoisotopic (exact) mass is 310 g/mol. The Morgan fingerprint density at radius 1 is 1.24 bits per heavy atom. The van der Waals surface area contributed by atoms with Crippen LogP contribution in [-0.4, -0.2) is 16.1 Å². The van der Waals surface area contributed by atoms with Crippen molar-refractivity contribution in [1.82, 2.24) is 9.97 Å². The fraction of sp³-hybridized carbons (Fsp3) is 0.765. The molecule has 0 spiro atoms. The van der Waals surface area contributed by atoms with Gasteiger partial charge in [-0.15, -0.1) is 0 Å². The first-order valence-corrected chi connectivity index (χ1v) is 8.26. The minimum atomic E-state index is 0.216. The van der Waals surface area contributed by atoms with Crippen molar-refractivity contribution in [1.29, 1.82) is 0 Å². The molecule has 2 atom stereocenters. The van der Waals surface area contributed by atoms with E-state index in [4.69, 9.17) is 16.3 Å². The van der Waals surface area contributed by atoms with E-state index in [1.807, 2.05) is 6.92 Å². The summed E-state index contributed by atoms with van der Waals surface area (Å²) in [4.78, 5) is 8.93. The van der Waals surface area contributed by atoms with Crippen molar-refractivity contribution >= 4 is 11.6 Å². The average Bonchev–Trinajstić information content (AvgIpc) is 2.31. The Labute approximate surface area is 133 Å². The number of halogens is 1. The molecule has 1 saturated carbocycles. The molecule has 0 bridgehead atoms. The molecule has 4 heteroatoms. The number of hydrogen-bond donors (Lipinski definition) is 0. The van der Waals surface area contributed by atoms with E-state index in [9.17, 15) is 0 Å². The molecule has 3 nitrogen and oxygen atoms in total. The number of ether oxygens (including phenoxy) is 1. The van der Waals surface area contributed by atoms with Crippen LogP contribution >= 0.6 is 11.6 Å². The maximum absolute atomic E-state index is 6.23. The highest BCUT2D eigenvalue weighted by Gasteiger charge is 2.33. The summed E-state index contributed by atoms with van der Waals surface area (Å²) >= 11 is 6.23. The predicted molar refractivity (Wildman–Crippen MR) is 87.1 cm³/mol. The fourth-order valence-electron chi connectivity index (χ4n) is 3.36. The van der Waals surface area contributed by atoms with E-state index in [1.54, 1.807) is 0 Å². The maximum atomic E-state index is 6.23.